The number of nitrogens with one attached hydrogen (secondary N) is 2. The van der Waals surface area contributed by atoms with E-state index >= 15 is 0 Å². The molecule has 0 saturated heterocycles. The first kappa shape index (κ1) is 19.3. The number of alkyl halides is 3. The van der Waals surface area contributed by atoms with Crippen molar-refractivity contribution in [2.75, 3.05) is 17.7 Å². The molecule has 2 N–H and O–H groups in total. The number of carbonyl (C=O) groups is 1. The minimum atomic E-state index is -4.95. The van der Waals surface area contributed by atoms with Crippen LogP contribution in [0.4, 0.5) is 35.0 Å². The van der Waals surface area contributed by atoms with Gasteiger partial charge in [-0.05, 0) is 30.3 Å². The molecule has 2 rings (SSSR count). The molecule has 26 heavy (non-hydrogen) atoms. The Bertz CT molecular complexity index is 859. The summed E-state index contributed by atoms with van der Waals surface area (Å²) in [6.45, 7) is 0. The number of halogens is 4. The Morgan fingerprint density at radius 2 is 1.88 bits per heavy atom. The van der Waals surface area contributed by atoms with E-state index in [1.807, 2.05) is 0 Å². The quantitative estimate of drug-likeness (QED) is 0.573. The highest BCUT2D eigenvalue weighted by Crippen LogP contribution is 2.37. The van der Waals surface area contributed by atoms with Gasteiger partial charge in [0.2, 0.25) is 0 Å². The second-order valence-corrected chi connectivity index (χ2v) is 5.35. The molecular formula is C15H11ClF3N3O4. The van der Waals surface area contributed by atoms with Crippen LogP contribution in [0.3, 0.4) is 0 Å². The van der Waals surface area contributed by atoms with Crippen LogP contribution in [0.1, 0.15) is 5.56 Å². The predicted molar refractivity (Wildman–Crippen MR) is 88.7 cm³/mol. The monoisotopic (exact) mass is 389 g/mol. The molecule has 2 amide bonds. The van der Waals surface area contributed by atoms with Gasteiger partial charge in [-0.3, -0.25) is 10.1 Å². The Balaban J connectivity index is 2.25. The molecule has 2 aromatic carbocycles. The van der Waals surface area contributed by atoms with Gasteiger partial charge >= 0.3 is 12.2 Å². The van der Waals surface area contributed by atoms with Gasteiger partial charge in [-0.2, -0.15) is 13.2 Å². The molecule has 7 nitrogen and oxygen atoms in total. The Morgan fingerprint density at radius 1 is 1.19 bits per heavy atom. The van der Waals surface area contributed by atoms with Crippen LogP contribution < -0.4 is 15.4 Å². The van der Waals surface area contributed by atoms with Crippen molar-refractivity contribution in [2.45, 2.75) is 6.18 Å². The lowest BCUT2D eigenvalue weighted by Gasteiger charge is -2.13. The molecular weight excluding hydrogens is 379 g/mol. The molecule has 11 heteroatoms. The molecule has 0 aliphatic rings. The number of benzene rings is 2. The van der Waals surface area contributed by atoms with Gasteiger partial charge in [0, 0.05) is 16.8 Å². The van der Waals surface area contributed by atoms with E-state index in [-0.39, 0.29) is 17.1 Å². The van der Waals surface area contributed by atoms with Crippen LogP contribution in [0.5, 0.6) is 5.75 Å². The molecule has 0 aromatic heterocycles. The summed E-state index contributed by atoms with van der Waals surface area (Å²) in [6, 6.07) is 5.65. The normalized spacial score (nSPS) is 11.0. The first-order valence-electron chi connectivity index (χ1n) is 6.89. The van der Waals surface area contributed by atoms with E-state index in [0.29, 0.717) is 17.2 Å². The van der Waals surface area contributed by atoms with Crippen molar-refractivity contribution in [3.63, 3.8) is 0 Å². The average Bonchev–Trinajstić information content (AvgIpc) is 2.54. The zero-order chi connectivity index (χ0) is 19.5. The number of amides is 2. The summed E-state index contributed by atoms with van der Waals surface area (Å²) in [7, 11) is 1.36. The summed E-state index contributed by atoms with van der Waals surface area (Å²) in [5.74, 6) is 0.282. The van der Waals surface area contributed by atoms with Crippen LogP contribution in [0.25, 0.3) is 0 Å². The maximum Gasteiger partial charge on any atom is 0.423 e. The fourth-order valence-corrected chi connectivity index (χ4v) is 2.23. The van der Waals surface area contributed by atoms with Crippen molar-refractivity contribution < 1.29 is 27.6 Å². The maximum atomic E-state index is 13.0. The Kier molecular flexibility index (Phi) is 5.56. The van der Waals surface area contributed by atoms with Gasteiger partial charge < -0.3 is 15.4 Å². The van der Waals surface area contributed by atoms with E-state index in [9.17, 15) is 28.1 Å². The highest BCUT2D eigenvalue weighted by molar-refractivity contribution is 6.31. The number of hydrogen-bond donors (Lipinski definition) is 2. The largest absolute Gasteiger partial charge is 0.495 e. The first-order chi connectivity index (χ1) is 12.1. The molecule has 0 atom stereocenters. The van der Waals surface area contributed by atoms with Crippen LogP contribution >= 0.6 is 11.6 Å². The molecule has 0 unspecified atom stereocenters. The van der Waals surface area contributed by atoms with E-state index in [1.54, 1.807) is 0 Å². The Hall–Kier alpha value is -3.01. The van der Waals surface area contributed by atoms with Gasteiger partial charge in [0.05, 0.1) is 17.7 Å². The summed E-state index contributed by atoms with van der Waals surface area (Å²) < 4.78 is 43.9. The molecule has 0 radical (unpaired) electrons. The second kappa shape index (κ2) is 7.48. The fourth-order valence-electron chi connectivity index (χ4n) is 2.06. The van der Waals surface area contributed by atoms with Gasteiger partial charge in [-0.1, -0.05) is 11.6 Å². The van der Waals surface area contributed by atoms with E-state index in [1.165, 1.54) is 25.3 Å². The van der Waals surface area contributed by atoms with Gasteiger partial charge in [0.1, 0.15) is 11.3 Å². The van der Waals surface area contributed by atoms with Gasteiger partial charge in [-0.15, -0.1) is 0 Å². The number of hydrogen-bond acceptors (Lipinski definition) is 4. The third kappa shape index (κ3) is 4.54. The van der Waals surface area contributed by atoms with E-state index < -0.39 is 28.4 Å². The van der Waals surface area contributed by atoms with Crippen molar-refractivity contribution in [2.24, 2.45) is 0 Å². The molecule has 138 valence electrons. The lowest BCUT2D eigenvalue weighted by Crippen LogP contribution is -2.20. The number of carbonyl (C=O) groups excluding carboxylic acids is 1. The summed E-state index contributed by atoms with van der Waals surface area (Å²) in [5.41, 5.74) is -2.67. The molecule has 0 bridgehead atoms. The molecule has 0 saturated carbocycles. The number of rotatable bonds is 4. The van der Waals surface area contributed by atoms with Crippen LogP contribution in [0, 0.1) is 10.1 Å². The Morgan fingerprint density at radius 3 is 2.46 bits per heavy atom. The zero-order valence-electron chi connectivity index (χ0n) is 13.1. The molecule has 0 fully saturated rings. The van der Waals surface area contributed by atoms with Crippen LogP contribution in [-0.2, 0) is 6.18 Å². The second-order valence-electron chi connectivity index (χ2n) is 4.91. The van der Waals surface area contributed by atoms with Crippen molar-refractivity contribution in [3.8, 4) is 5.75 Å². The third-order valence-corrected chi connectivity index (χ3v) is 3.40. The number of nitrogens with zero attached hydrogens (tertiary/aromatic N) is 1. The maximum absolute atomic E-state index is 13.0. The third-order valence-electron chi connectivity index (χ3n) is 3.17. The number of urea groups is 1. The average molecular weight is 390 g/mol. The minimum Gasteiger partial charge on any atom is -0.495 e. The van der Waals surface area contributed by atoms with E-state index in [4.69, 9.17) is 16.3 Å². The molecule has 0 aliphatic heterocycles. The lowest BCUT2D eigenvalue weighted by molar-refractivity contribution is -0.388. The van der Waals surface area contributed by atoms with E-state index in [2.05, 4.69) is 10.6 Å². The summed E-state index contributed by atoms with van der Waals surface area (Å²) in [6.07, 6.45) is -4.95. The first-order valence-corrected chi connectivity index (χ1v) is 7.27. The fraction of sp³-hybridized carbons (Fsp3) is 0.133. The number of nitro benzene ring substituents is 1. The van der Waals surface area contributed by atoms with Crippen LogP contribution in [0.2, 0.25) is 5.02 Å². The summed E-state index contributed by atoms with van der Waals surface area (Å²) in [4.78, 5) is 21.6. The number of nitro groups is 1. The number of methoxy groups -OCH3 is 1. The van der Waals surface area contributed by atoms with Gasteiger partial charge in [0.15, 0.2) is 0 Å². The highest BCUT2D eigenvalue weighted by atomic mass is 35.5. The topological polar surface area (TPSA) is 93.5 Å². The van der Waals surface area contributed by atoms with Crippen molar-refractivity contribution in [3.05, 3.63) is 57.1 Å². The number of ether oxygens (including phenoxy) is 1. The lowest BCUT2D eigenvalue weighted by atomic mass is 10.1. The Labute approximate surface area is 149 Å². The van der Waals surface area contributed by atoms with Gasteiger partial charge in [0.25, 0.3) is 5.69 Å². The van der Waals surface area contributed by atoms with Crippen LogP contribution in [-0.4, -0.2) is 18.1 Å². The SMILES string of the molecule is COc1ccc(Cl)cc1NC(=O)Nc1ccc([N+](=O)[O-])c(C(F)(F)F)c1. The predicted octanol–water partition coefficient (Wildman–Crippen LogP) is 4.92. The van der Waals surface area contributed by atoms with Crippen molar-refractivity contribution in [1.82, 2.24) is 0 Å². The number of anilines is 2. The standard InChI is InChI=1S/C15H11ClF3N3O4/c1-26-13-5-2-8(16)6-11(13)21-14(23)20-9-3-4-12(22(24)25)10(7-9)15(17,18)19/h2-7H,1H3,(H2,20,21,23). The van der Waals surface area contributed by atoms with Crippen molar-refractivity contribution in [1.29, 1.82) is 0 Å². The highest BCUT2D eigenvalue weighted by Gasteiger charge is 2.38. The summed E-state index contributed by atoms with van der Waals surface area (Å²) >= 11 is 5.82. The smallest absolute Gasteiger partial charge is 0.423 e. The zero-order valence-corrected chi connectivity index (χ0v) is 13.8. The molecule has 0 heterocycles. The van der Waals surface area contributed by atoms with Crippen molar-refractivity contribution >= 4 is 34.7 Å². The minimum absolute atomic E-state index is 0.190. The summed E-state index contributed by atoms with van der Waals surface area (Å²) in [5, 5.41) is 15.6. The molecule has 2 aromatic rings. The molecule has 0 spiro atoms. The van der Waals surface area contributed by atoms with E-state index in [0.717, 1.165) is 6.07 Å². The molecule has 0 aliphatic carbocycles. The van der Waals surface area contributed by atoms with Crippen LogP contribution in [0.15, 0.2) is 36.4 Å². The van der Waals surface area contributed by atoms with Gasteiger partial charge in [-0.25, -0.2) is 4.79 Å².